The lowest BCUT2D eigenvalue weighted by Crippen LogP contribution is -2.20. The first kappa shape index (κ1) is 20.5. The molecule has 2 amide bonds. The van der Waals surface area contributed by atoms with Gasteiger partial charge in [-0.15, -0.1) is 0 Å². The smallest absolute Gasteiger partial charge is 0.280 e. The van der Waals surface area contributed by atoms with Crippen molar-refractivity contribution in [2.75, 3.05) is 25.5 Å². The Hall–Kier alpha value is -2.77. The molecule has 1 N–H and O–H groups in total. The molecule has 2 aliphatic rings. The Bertz CT molecular complexity index is 989. The molecule has 2 fully saturated rings. The topological polar surface area (TPSA) is 83.9 Å². The number of pyridine rings is 1. The summed E-state index contributed by atoms with van der Waals surface area (Å²) in [6.07, 6.45) is 6.08. The number of anilines is 1. The van der Waals surface area contributed by atoms with E-state index in [1.807, 2.05) is 12.1 Å². The quantitative estimate of drug-likeness (QED) is 0.763. The number of ether oxygens (including phenoxy) is 1. The van der Waals surface area contributed by atoms with Crippen LogP contribution < -0.4 is 10.1 Å². The molecule has 1 aromatic heterocycles. The Kier molecular flexibility index (Phi) is 6.11. The highest BCUT2D eigenvalue weighted by molar-refractivity contribution is 6.34. The monoisotopic (exact) mass is 426 g/mol. The summed E-state index contributed by atoms with van der Waals surface area (Å²) in [5.74, 6) is -0.0585. The van der Waals surface area contributed by atoms with Crippen molar-refractivity contribution in [2.24, 2.45) is 10.9 Å². The van der Waals surface area contributed by atoms with Gasteiger partial charge in [0.15, 0.2) is 0 Å². The molecular weight excluding hydrogens is 404 g/mol. The number of hydrogen-bond acceptors (Lipinski definition) is 5. The Morgan fingerprint density at radius 3 is 2.77 bits per heavy atom. The maximum absolute atomic E-state index is 12.8. The lowest BCUT2D eigenvalue weighted by Gasteiger charge is -2.13. The first-order valence-electron chi connectivity index (χ1n) is 9.94. The normalized spacial score (nSPS) is 17.9. The maximum Gasteiger partial charge on any atom is 0.280 e. The van der Waals surface area contributed by atoms with Gasteiger partial charge in [0.2, 0.25) is 5.91 Å². The van der Waals surface area contributed by atoms with Crippen LogP contribution in [-0.4, -0.2) is 47.6 Å². The summed E-state index contributed by atoms with van der Waals surface area (Å²) in [6, 6.07) is 7.06. The fourth-order valence-electron chi connectivity index (χ4n) is 3.45. The molecular formula is C22H23ClN4O3. The van der Waals surface area contributed by atoms with Gasteiger partial charge in [-0.2, -0.15) is 0 Å². The molecule has 1 saturated heterocycles. The fourth-order valence-corrected chi connectivity index (χ4v) is 3.66. The number of amides is 2. The molecule has 0 radical (unpaired) electrons. The first-order chi connectivity index (χ1) is 14.5. The van der Waals surface area contributed by atoms with E-state index in [0.717, 1.165) is 38.1 Å². The largest absolute Gasteiger partial charge is 0.496 e. The van der Waals surface area contributed by atoms with Gasteiger partial charge in [0.05, 0.1) is 23.4 Å². The summed E-state index contributed by atoms with van der Waals surface area (Å²) >= 11 is 6.32. The average Bonchev–Trinajstić information content (AvgIpc) is 3.51. The standard InChI is InChI=1S/C22H23ClN4O3/c1-30-20-11-19(26-21(28)15-2-3-15)18(23)10-17(20)22(29)25-16-6-9-27(13-16)12-14-4-7-24-8-5-14/h4-5,7-8,10-11,15H,2-3,6,9,12-13H2,1H3,(H,26,28). The maximum atomic E-state index is 12.8. The van der Waals surface area contributed by atoms with Gasteiger partial charge in [-0.05, 0) is 43.0 Å². The number of hydrogen-bond donors (Lipinski definition) is 1. The number of carbonyl (C=O) groups is 2. The molecule has 1 aliphatic carbocycles. The van der Waals surface area contributed by atoms with Gasteiger partial charge in [-0.1, -0.05) is 11.6 Å². The van der Waals surface area contributed by atoms with Crippen molar-refractivity contribution in [1.29, 1.82) is 0 Å². The fraction of sp³-hybridized carbons (Fsp3) is 0.364. The van der Waals surface area contributed by atoms with Crippen LogP contribution in [0.15, 0.2) is 41.7 Å². The summed E-state index contributed by atoms with van der Waals surface area (Å²) in [4.78, 5) is 35.4. The van der Waals surface area contributed by atoms with E-state index in [-0.39, 0.29) is 17.4 Å². The van der Waals surface area contributed by atoms with Crippen LogP contribution in [0.5, 0.6) is 5.75 Å². The first-order valence-corrected chi connectivity index (χ1v) is 10.3. The second-order valence-corrected chi connectivity index (χ2v) is 8.00. The molecule has 1 saturated carbocycles. The van der Waals surface area contributed by atoms with Crippen LogP contribution in [0, 0.1) is 5.92 Å². The molecule has 0 unspecified atom stereocenters. The zero-order valence-corrected chi connectivity index (χ0v) is 17.5. The SMILES string of the molecule is COc1cc(NC(=O)C2CC2)c(Cl)cc1C(=O)N=C1CCN(Cc2ccncc2)C1. The van der Waals surface area contributed by atoms with Crippen molar-refractivity contribution in [3.05, 3.63) is 52.8 Å². The summed E-state index contributed by atoms with van der Waals surface area (Å²) in [6.45, 7) is 2.28. The van der Waals surface area contributed by atoms with Crippen molar-refractivity contribution in [3.8, 4) is 5.75 Å². The number of methoxy groups -OCH3 is 1. The summed E-state index contributed by atoms with van der Waals surface area (Å²) in [7, 11) is 1.48. The Morgan fingerprint density at radius 2 is 2.07 bits per heavy atom. The number of aliphatic imine (C=N–C) groups is 1. The Labute approximate surface area is 180 Å². The highest BCUT2D eigenvalue weighted by Gasteiger charge is 2.30. The Morgan fingerprint density at radius 1 is 1.30 bits per heavy atom. The molecule has 7 nitrogen and oxygen atoms in total. The van der Waals surface area contributed by atoms with Crippen molar-refractivity contribution >= 4 is 34.8 Å². The molecule has 1 aromatic carbocycles. The van der Waals surface area contributed by atoms with E-state index in [4.69, 9.17) is 16.3 Å². The number of halogens is 1. The summed E-state index contributed by atoms with van der Waals surface area (Å²) in [5.41, 5.74) is 2.74. The minimum atomic E-state index is -0.394. The third kappa shape index (κ3) is 4.86. The van der Waals surface area contributed by atoms with E-state index in [1.54, 1.807) is 18.5 Å². The van der Waals surface area contributed by atoms with Crippen molar-refractivity contribution in [1.82, 2.24) is 9.88 Å². The van der Waals surface area contributed by atoms with Gasteiger partial charge in [-0.3, -0.25) is 19.5 Å². The number of aromatic nitrogens is 1. The zero-order valence-electron chi connectivity index (χ0n) is 16.7. The molecule has 0 atom stereocenters. The third-order valence-electron chi connectivity index (χ3n) is 5.26. The minimum Gasteiger partial charge on any atom is -0.496 e. The van der Waals surface area contributed by atoms with Gasteiger partial charge in [-0.25, -0.2) is 4.99 Å². The van der Waals surface area contributed by atoms with Gasteiger partial charge >= 0.3 is 0 Å². The second-order valence-electron chi connectivity index (χ2n) is 7.60. The van der Waals surface area contributed by atoms with E-state index < -0.39 is 5.91 Å². The number of likely N-dealkylation sites (tertiary alicyclic amines) is 1. The van der Waals surface area contributed by atoms with Crippen LogP contribution >= 0.6 is 11.6 Å². The van der Waals surface area contributed by atoms with Gasteiger partial charge in [0.1, 0.15) is 5.75 Å². The molecule has 30 heavy (non-hydrogen) atoms. The molecule has 0 spiro atoms. The van der Waals surface area contributed by atoms with E-state index in [0.29, 0.717) is 23.0 Å². The van der Waals surface area contributed by atoms with Crippen molar-refractivity contribution < 1.29 is 14.3 Å². The van der Waals surface area contributed by atoms with E-state index in [9.17, 15) is 9.59 Å². The molecule has 2 aromatic rings. The average molecular weight is 427 g/mol. The van der Waals surface area contributed by atoms with Crippen LogP contribution in [0.2, 0.25) is 5.02 Å². The third-order valence-corrected chi connectivity index (χ3v) is 5.58. The van der Waals surface area contributed by atoms with Gasteiger partial charge in [0.25, 0.3) is 5.91 Å². The van der Waals surface area contributed by atoms with E-state index in [1.165, 1.54) is 18.7 Å². The van der Waals surface area contributed by atoms with Crippen LogP contribution in [0.3, 0.4) is 0 Å². The number of nitrogens with one attached hydrogen (secondary N) is 1. The van der Waals surface area contributed by atoms with Crippen LogP contribution in [-0.2, 0) is 11.3 Å². The highest BCUT2D eigenvalue weighted by Crippen LogP contribution is 2.35. The Balaban J connectivity index is 1.46. The van der Waals surface area contributed by atoms with Crippen LogP contribution in [0.4, 0.5) is 5.69 Å². The van der Waals surface area contributed by atoms with Gasteiger partial charge in [0, 0.05) is 49.7 Å². The predicted octanol–water partition coefficient (Wildman–Crippen LogP) is 3.58. The second kappa shape index (κ2) is 8.93. The minimum absolute atomic E-state index is 0.0530. The highest BCUT2D eigenvalue weighted by atomic mass is 35.5. The lowest BCUT2D eigenvalue weighted by atomic mass is 10.1. The molecule has 4 rings (SSSR count). The van der Waals surface area contributed by atoms with Crippen molar-refractivity contribution in [3.63, 3.8) is 0 Å². The molecule has 2 heterocycles. The van der Waals surface area contributed by atoms with Crippen LogP contribution in [0.1, 0.15) is 35.2 Å². The number of nitrogens with zero attached hydrogens (tertiary/aromatic N) is 3. The summed E-state index contributed by atoms with van der Waals surface area (Å²) in [5, 5.41) is 3.10. The number of benzene rings is 1. The number of carbonyl (C=O) groups excluding carboxylic acids is 2. The lowest BCUT2D eigenvalue weighted by molar-refractivity contribution is -0.117. The molecule has 156 valence electrons. The van der Waals surface area contributed by atoms with Crippen molar-refractivity contribution in [2.45, 2.75) is 25.8 Å². The predicted molar refractivity (Wildman–Crippen MR) is 115 cm³/mol. The zero-order chi connectivity index (χ0) is 21.1. The van der Waals surface area contributed by atoms with Crippen LogP contribution in [0.25, 0.3) is 0 Å². The van der Waals surface area contributed by atoms with Gasteiger partial charge < -0.3 is 10.1 Å². The summed E-state index contributed by atoms with van der Waals surface area (Å²) < 4.78 is 5.37. The van der Waals surface area contributed by atoms with E-state index >= 15 is 0 Å². The molecule has 1 aliphatic heterocycles. The van der Waals surface area contributed by atoms with E-state index in [2.05, 4.69) is 20.2 Å². The number of rotatable bonds is 6. The molecule has 0 bridgehead atoms. The molecule has 8 heteroatoms.